The number of nitrogens with one attached hydrogen (secondary N) is 2. The highest BCUT2D eigenvalue weighted by molar-refractivity contribution is 9.10. The van der Waals surface area contributed by atoms with Crippen LogP contribution in [0.1, 0.15) is 22.8 Å². The molecule has 2 aromatic rings. The monoisotopic (exact) mass is 406 g/mol. The van der Waals surface area contributed by atoms with Gasteiger partial charge in [-0.2, -0.15) is 0 Å². The summed E-state index contributed by atoms with van der Waals surface area (Å²) in [6, 6.07) is 12.4. The van der Waals surface area contributed by atoms with Crippen molar-refractivity contribution in [2.24, 2.45) is 0 Å². The van der Waals surface area contributed by atoms with Gasteiger partial charge in [-0.05, 0) is 44.2 Å². The van der Waals surface area contributed by atoms with Crippen LogP contribution in [0.2, 0.25) is 0 Å². The summed E-state index contributed by atoms with van der Waals surface area (Å²) in [4.78, 5) is 24.3. The van der Waals surface area contributed by atoms with E-state index in [-0.39, 0.29) is 0 Å². The zero-order valence-electron chi connectivity index (χ0n) is 14.1. The summed E-state index contributed by atoms with van der Waals surface area (Å²) in [7, 11) is 1.48. The van der Waals surface area contributed by atoms with Crippen molar-refractivity contribution in [3.8, 4) is 11.5 Å². The number of hydrogen-bond donors (Lipinski definition) is 2. The molecule has 2 rings (SSSR count). The molecule has 0 saturated heterocycles. The molecular weight excluding hydrogens is 388 g/mol. The minimum absolute atomic E-state index is 0.336. The fourth-order valence-corrected chi connectivity index (χ4v) is 2.46. The third-order valence-corrected chi connectivity index (χ3v) is 3.87. The first-order valence-corrected chi connectivity index (χ1v) is 8.37. The number of rotatable bonds is 5. The van der Waals surface area contributed by atoms with Gasteiger partial charge < -0.3 is 9.47 Å². The number of amides is 2. The standard InChI is InChI=1S/C18H19BrN2O4/c1-11-7-8-16(24-3)15(9-11)18(23)21-20-17(22)12(2)25-14-6-4-5-13(19)10-14/h4-10,12H,1-3H3,(H,20,22)(H,21,23)/t12-/m1/s1. The number of methoxy groups -OCH3 is 1. The molecule has 2 amide bonds. The van der Waals surface area contributed by atoms with Gasteiger partial charge in [0.2, 0.25) is 0 Å². The largest absolute Gasteiger partial charge is 0.496 e. The number of hydrogen-bond acceptors (Lipinski definition) is 4. The predicted octanol–water partition coefficient (Wildman–Crippen LogP) is 2.99. The van der Waals surface area contributed by atoms with Crippen LogP contribution in [-0.2, 0) is 4.79 Å². The summed E-state index contributed by atoms with van der Waals surface area (Å²) >= 11 is 3.33. The normalized spacial score (nSPS) is 11.4. The lowest BCUT2D eigenvalue weighted by atomic mass is 10.1. The van der Waals surface area contributed by atoms with Crippen LogP contribution in [0.4, 0.5) is 0 Å². The molecule has 0 saturated carbocycles. The van der Waals surface area contributed by atoms with Gasteiger partial charge in [-0.15, -0.1) is 0 Å². The predicted molar refractivity (Wildman–Crippen MR) is 97.6 cm³/mol. The van der Waals surface area contributed by atoms with Gasteiger partial charge >= 0.3 is 0 Å². The second-order valence-electron chi connectivity index (χ2n) is 5.36. The number of hydrazine groups is 1. The smallest absolute Gasteiger partial charge is 0.279 e. The zero-order chi connectivity index (χ0) is 18.4. The molecule has 0 spiro atoms. The number of ether oxygens (including phenoxy) is 2. The Labute approximate surface area is 154 Å². The molecule has 0 heterocycles. The van der Waals surface area contributed by atoms with Crippen molar-refractivity contribution in [2.75, 3.05) is 7.11 Å². The highest BCUT2D eigenvalue weighted by Gasteiger charge is 2.17. The number of carbonyl (C=O) groups excluding carboxylic acids is 2. The van der Waals surface area contributed by atoms with E-state index >= 15 is 0 Å². The van der Waals surface area contributed by atoms with E-state index in [1.165, 1.54) is 7.11 Å². The first kappa shape index (κ1) is 18.8. The molecule has 0 aliphatic rings. The third-order valence-electron chi connectivity index (χ3n) is 3.38. The lowest BCUT2D eigenvalue weighted by molar-refractivity contribution is -0.128. The molecule has 25 heavy (non-hydrogen) atoms. The molecule has 132 valence electrons. The number of aryl methyl sites for hydroxylation is 1. The van der Waals surface area contributed by atoms with E-state index in [4.69, 9.17) is 9.47 Å². The Hall–Kier alpha value is -2.54. The quantitative estimate of drug-likeness (QED) is 0.748. The van der Waals surface area contributed by atoms with Gasteiger partial charge in [-0.3, -0.25) is 20.4 Å². The van der Waals surface area contributed by atoms with Crippen LogP contribution >= 0.6 is 15.9 Å². The second-order valence-corrected chi connectivity index (χ2v) is 6.28. The van der Waals surface area contributed by atoms with Crippen molar-refractivity contribution < 1.29 is 19.1 Å². The van der Waals surface area contributed by atoms with E-state index in [0.29, 0.717) is 17.1 Å². The molecule has 0 aliphatic heterocycles. The first-order chi connectivity index (χ1) is 11.9. The molecule has 0 aliphatic carbocycles. The highest BCUT2D eigenvalue weighted by atomic mass is 79.9. The van der Waals surface area contributed by atoms with Crippen LogP contribution in [0.3, 0.4) is 0 Å². The summed E-state index contributed by atoms with van der Waals surface area (Å²) in [5.74, 6) is 0.0305. The number of benzene rings is 2. The van der Waals surface area contributed by atoms with Gasteiger partial charge in [0.25, 0.3) is 11.8 Å². The Morgan fingerprint density at radius 1 is 1.12 bits per heavy atom. The highest BCUT2D eigenvalue weighted by Crippen LogP contribution is 2.20. The Morgan fingerprint density at radius 2 is 1.88 bits per heavy atom. The van der Waals surface area contributed by atoms with E-state index in [1.807, 2.05) is 19.1 Å². The van der Waals surface area contributed by atoms with Gasteiger partial charge in [-0.1, -0.05) is 33.6 Å². The second kappa shape index (κ2) is 8.53. The maximum atomic E-state index is 12.3. The molecule has 0 bridgehead atoms. The zero-order valence-corrected chi connectivity index (χ0v) is 15.7. The molecule has 0 aromatic heterocycles. The van der Waals surface area contributed by atoms with E-state index in [0.717, 1.165) is 10.0 Å². The van der Waals surface area contributed by atoms with Gasteiger partial charge in [0, 0.05) is 4.47 Å². The van der Waals surface area contributed by atoms with Crippen molar-refractivity contribution in [1.29, 1.82) is 0 Å². The van der Waals surface area contributed by atoms with Crippen LogP contribution in [0, 0.1) is 6.92 Å². The minimum atomic E-state index is -0.783. The van der Waals surface area contributed by atoms with Gasteiger partial charge in [0.05, 0.1) is 12.7 Å². The SMILES string of the molecule is COc1ccc(C)cc1C(=O)NNC(=O)[C@@H](C)Oc1cccc(Br)c1. The molecular formula is C18H19BrN2O4. The molecule has 1 atom stereocenters. The van der Waals surface area contributed by atoms with Crippen LogP contribution in [-0.4, -0.2) is 25.0 Å². The van der Waals surface area contributed by atoms with Gasteiger partial charge in [-0.25, -0.2) is 0 Å². The first-order valence-electron chi connectivity index (χ1n) is 7.57. The summed E-state index contributed by atoms with van der Waals surface area (Å²) in [6.45, 7) is 3.46. The fourth-order valence-electron chi connectivity index (χ4n) is 2.08. The summed E-state index contributed by atoms with van der Waals surface area (Å²) in [6.07, 6.45) is -0.783. The van der Waals surface area contributed by atoms with Crippen LogP contribution in [0.25, 0.3) is 0 Å². The van der Waals surface area contributed by atoms with Crippen molar-refractivity contribution in [2.45, 2.75) is 20.0 Å². The molecule has 7 heteroatoms. The number of halogens is 1. The summed E-state index contributed by atoms with van der Waals surface area (Å²) in [5, 5.41) is 0. The average molecular weight is 407 g/mol. The van der Waals surface area contributed by atoms with Crippen LogP contribution < -0.4 is 20.3 Å². The Bertz CT molecular complexity index is 779. The Morgan fingerprint density at radius 3 is 2.56 bits per heavy atom. The van der Waals surface area contributed by atoms with Crippen LogP contribution in [0.15, 0.2) is 46.9 Å². The van der Waals surface area contributed by atoms with E-state index < -0.39 is 17.9 Å². The summed E-state index contributed by atoms with van der Waals surface area (Å²) < 4.78 is 11.5. The van der Waals surface area contributed by atoms with Gasteiger partial charge in [0.15, 0.2) is 6.10 Å². The van der Waals surface area contributed by atoms with E-state index in [9.17, 15) is 9.59 Å². The van der Waals surface area contributed by atoms with Crippen molar-refractivity contribution in [3.05, 3.63) is 58.1 Å². The molecule has 0 unspecified atom stereocenters. The molecule has 2 aromatic carbocycles. The van der Waals surface area contributed by atoms with Crippen molar-refractivity contribution >= 4 is 27.7 Å². The lowest BCUT2D eigenvalue weighted by Gasteiger charge is -2.16. The lowest BCUT2D eigenvalue weighted by Crippen LogP contribution is -2.47. The Balaban J connectivity index is 1.95. The molecule has 6 nitrogen and oxygen atoms in total. The van der Waals surface area contributed by atoms with Crippen molar-refractivity contribution in [1.82, 2.24) is 10.9 Å². The minimum Gasteiger partial charge on any atom is -0.496 e. The molecule has 0 radical (unpaired) electrons. The van der Waals surface area contributed by atoms with Crippen LogP contribution in [0.5, 0.6) is 11.5 Å². The maximum absolute atomic E-state index is 12.3. The van der Waals surface area contributed by atoms with Crippen molar-refractivity contribution in [3.63, 3.8) is 0 Å². The topological polar surface area (TPSA) is 76.7 Å². The maximum Gasteiger partial charge on any atom is 0.279 e. The van der Waals surface area contributed by atoms with E-state index in [1.54, 1.807) is 37.3 Å². The number of carbonyl (C=O) groups is 2. The molecule has 2 N–H and O–H groups in total. The van der Waals surface area contributed by atoms with E-state index in [2.05, 4.69) is 26.8 Å². The molecule has 0 fully saturated rings. The fraction of sp³-hybridized carbons (Fsp3) is 0.222. The Kier molecular flexibility index (Phi) is 6.41. The third kappa shape index (κ3) is 5.22. The van der Waals surface area contributed by atoms with Gasteiger partial charge in [0.1, 0.15) is 11.5 Å². The summed E-state index contributed by atoms with van der Waals surface area (Å²) in [5.41, 5.74) is 5.97. The average Bonchev–Trinajstić information content (AvgIpc) is 2.59.